The molecule has 1 fully saturated rings. The second kappa shape index (κ2) is 8.28. The van der Waals surface area contributed by atoms with Crippen LogP contribution in [0.4, 0.5) is 5.95 Å². The van der Waals surface area contributed by atoms with E-state index in [2.05, 4.69) is 50.7 Å². The number of fused-ring (bicyclic) bond motifs is 1. The SMILES string of the molecule is Nc1nc(-c2ccc(-c3ccc(-c4cccs4)s3)s2)c2ncn([C@H]3C[C@H](O)[C@@H](CO)O3)c2n1. The molecular weight excluding hydrogens is 478 g/mol. The number of hydrogen-bond donors (Lipinski definition) is 3. The van der Waals surface area contributed by atoms with Gasteiger partial charge in [0, 0.05) is 25.9 Å². The van der Waals surface area contributed by atoms with Crippen molar-refractivity contribution >= 4 is 51.1 Å². The van der Waals surface area contributed by atoms with E-state index in [0.29, 0.717) is 23.3 Å². The second-order valence-electron chi connectivity index (χ2n) is 7.67. The molecule has 0 radical (unpaired) electrons. The van der Waals surface area contributed by atoms with Crippen LogP contribution in [0.5, 0.6) is 0 Å². The number of ether oxygens (including phenoxy) is 1. The highest BCUT2D eigenvalue weighted by molar-refractivity contribution is 7.27. The summed E-state index contributed by atoms with van der Waals surface area (Å²) in [5, 5.41) is 21.6. The van der Waals surface area contributed by atoms with E-state index in [1.54, 1.807) is 44.9 Å². The third-order valence-electron chi connectivity index (χ3n) is 5.59. The molecule has 0 aromatic carbocycles. The van der Waals surface area contributed by atoms with Crippen LogP contribution in [0.2, 0.25) is 0 Å². The zero-order valence-electron chi connectivity index (χ0n) is 17.2. The quantitative estimate of drug-likeness (QED) is 0.332. The highest BCUT2D eigenvalue weighted by atomic mass is 32.1. The van der Waals surface area contributed by atoms with Gasteiger partial charge in [-0.05, 0) is 35.7 Å². The predicted octanol–water partition coefficient (Wildman–Crippen LogP) is 4.23. The fourth-order valence-electron chi connectivity index (χ4n) is 3.99. The lowest BCUT2D eigenvalue weighted by molar-refractivity contribution is -0.0432. The Morgan fingerprint density at radius 2 is 1.76 bits per heavy atom. The lowest BCUT2D eigenvalue weighted by atomic mass is 10.2. The van der Waals surface area contributed by atoms with E-state index in [9.17, 15) is 10.2 Å². The van der Waals surface area contributed by atoms with Crippen molar-refractivity contribution in [1.82, 2.24) is 19.5 Å². The lowest BCUT2D eigenvalue weighted by Crippen LogP contribution is -2.24. The number of nitrogens with zero attached hydrogens (tertiary/aromatic N) is 4. The van der Waals surface area contributed by atoms with E-state index < -0.39 is 18.4 Å². The Bertz CT molecular complexity index is 1420. The summed E-state index contributed by atoms with van der Waals surface area (Å²) >= 11 is 5.14. The molecule has 5 aromatic heterocycles. The molecule has 1 saturated heterocycles. The number of thiophene rings is 3. The molecule has 168 valence electrons. The van der Waals surface area contributed by atoms with Crippen molar-refractivity contribution in [3.05, 3.63) is 48.1 Å². The van der Waals surface area contributed by atoms with Crippen LogP contribution < -0.4 is 5.73 Å². The van der Waals surface area contributed by atoms with Crippen LogP contribution in [0.1, 0.15) is 12.6 Å². The van der Waals surface area contributed by atoms with Crippen LogP contribution in [0.25, 0.3) is 41.2 Å². The number of hydrogen-bond acceptors (Lipinski definition) is 10. The number of aliphatic hydroxyl groups is 2. The zero-order chi connectivity index (χ0) is 22.5. The van der Waals surface area contributed by atoms with Crippen LogP contribution in [0.3, 0.4) is 0 Å². The van der Waals surface area contributed by atoms with E-state index in [0.717, 1.165) is 9.75 Å². The molecule has 5 aromatic rings. The van der Waals surface area contributed by atoms with Crippen LogP contribution in [0.15, 0.2) is 48.1 Å². The van der Waals surface area contributed by atoms with Gasteiger partial charge < -0.3 is 20.7 Å². The van der Waals surface area contributed by atoms with Crippen LogP contribution in [0, 0.1) is 0 Å². The van der Waals surface area contributed by atoms with Crippen LogP contribution >= 0.6 is 34.0 Å². The minimum Gasteiger partial charge on any atom is -0.394 e. The van der Waals surface area contributed by atoms with Crippen molar-refractivity contribution in [1.29, 1.82) is 0 Å². The Labute approximate surface area is 200 Å². The fourth-order valence-corrected chi connectivity index (χ4v) is 6.91. The van der Waals surface area contributed by atoms with E-state index in [4.69, 9.17) is 10.5 Å². The number of nitrogen functional groups attached to an aromatic ring is 1. The third kappa shape index (κ3) is 3.66. The van der Waals surface area contributed by atoms with Gasteiger partial charge in [-0.2, -0.15) is 4.98 Å². The molecule has 11 heteroatoms. The van der Waals surface area contributed by atoms with Crippen molar-refractivity contribution in [3.8, 4) is 30.1 Å². The number of nitrogens with two attached hydrogens (primary N) is 1. The standard InChI is InChI=1S/C22H19N5O3S3/c23-22-25-19(20-21(26-22)27(10-24-20)18-8-11(29)12(9-28)30-18)17-6-5-16(33-17)15-4-3-14(32-15)13-2-1-7-31-13/h1-7,10-12,18,28-29H,8-9H2,(H2,23,25,26)/t11-,12+,18+/m0/s1. The van der Waals surface area contributed by atoms with Gasteiger partial charge in [0.05, 0.1) is 23.9 Å². The molecule has 6 rings (SSSR count). The molecule has 3 atom stereocenters. The molecule has 0 saturated carbocycles. The monoisotopic (exact) mass is 497 g/mol. The van der Waals surface area contributed by atoms with Gasteiger partial charge in [-0.3, -0.25) is 4.57 Å². The van der Waals surface area contributed by atoms with Crippen LogP contribution in [-0.4, -0.2) is 48.5 Å². The minimum absolute atomic E-state index is 0.141. The molecule has 0 bridgehead atoms. The number of anilines is 1. The van der Waals surface area contributed by atoms with Gasteiger partial charge in [0.1, 0.15) is 23.5 Å². The first-order chi connectivity index (χ1) is 16.1. The first kappa shape index (κ1) is 20.9. The molecule has 0 unspecified atom stereocenters. The molecule has 6 heterocycles. The highest BCUT2D eigenvalue weighted by Crippen LogP contribution is 2.42. The first-order valence-electron chi connectivity index (χ1n) is 10.3. The van der Waals surface area contributed by atoms with E-state index in [1.165, 1.54) is 14.6 Å². The van der Waals surface area contributed by atoms with Crippen molar-refractivity contribution in [2.45, 2.75) is 24.9 Å². The molecule has 4 N–H and O–H groups in total. The second-order valence-corrected chi connectivity index (χ2v) is 10.8. The average molecular weight is 498 g/mol. The molecule has 1 aliphatic heterocycles. The van der Waals surface area contributed by atoms with Gasteiger partial charge in [-0.1, -0.05) is 6.07 Å². The summed E-state index contributed by atoms with van der Waals surface area (Å²) in [4.78, 5) is 19.2. The maximum Gasteiger partial charge on any atom is 0.222 e. The third-order valence-corrected chi connectivity index (χ3v) is 9.02. The maximum atomic E-state index is 10.1. The summed E-state index contributed by atoms with van der Waals surface area (Å²) < 4.78 is 7.53. The molecule has 0 spiro atoms. The van der Waals surface area contributed by atoms with Gasteiger partial charge in [-0.15, -0.1) is 34.0 Å². The van der Waals surface area contributed by atoms with Gasteiger partial charge in [0.15, 0.2) is 5.65 Å². The van der Waals surface area contributed by atoms with Gasteiger partial charge >= 0.3 is 0 Å². The van der Waals surface area contributed by atoms with Crippen molar-refractivity contribution in [3.63, 3.8) is 0 Å². The predicted molar refractivity (Wildman–Crippen MR) is 131 cm³/mol. The number of aliphatic hydroxyl groups excluding tert-OH is 2. The summed E-state index contributed by atoms with van der Waals surface area (Å²) in [6, 6.07) is 12.6. The largest absolute Gasteiger partial charge is 0.394 e. The summed E-state index contributed by atoms with van der Waals surface area (Å²) in [6.07, 6.45) is 0.103. The normalized spacial score (nSPS) is 20.7. The Morgan fingerprint density at radius 1 is 1.03 bits per heavy atom. The Hall–Kier alpha value is -2.67. The Kier molecular flexibility index (Phi) is 5.24. The smallest absolute Gasteiger partial charge is 0.222 e. The number of rotatable bonds is 5. The molecular formula is C22H19N5O3S3. The number of aromatic nitrogens is 4. The first-order valence-corrected chi connectivity index (χ1v) is 12.8. The average Bonchev–Trinajstić information content (AvgIpc) is 3.62. The zero-order valence-corrected chi connectivity index (χ0v) is 19.6. The summed E-state index contributed by atoms with van der Waals surface area (Å²) in [5.74, 6) is 0.141. The maximum absolute atomic E-state index is 10.1. The lowest BCUT2D eigenvalue weighted by Gasteiger charge is -2.13. The van der Waals surface area contributed by atoms with Gasteiger partial charge in [0.2, 0.25) is 5.95 Å². The summed E-state index contributed by atoms with van der Waals surface area (Å²) in [6.45, 7) is -0.248. The van der Waals surface area contributed by atoms with Crippen molar-refractivity contribution < 1.29 is 14.9 Å². The summed E-state index contributed by atoms with van der Waals surface area (Å²) in [7, 11) is 0. The molecule has 33 heavy (non-hydrogen) atoms. The van der Waals surface area contributed by atoms with Crippen LogP contribution in [-0.2, 0) is 4.74 Å². The highest BCUT2D eigenvalue weighted by Gasteiger charge is 2.35. The van der Waals surface area contributed by atoms with Gasteiger partial charge in [0.25, 0.3) is 0 Å². The summed E-state index contributed by atoms with van der Waals surface area (Å²) in [5.41, 5.74) is 7.89. The van der Waals surface area contributed by atoms with Crippen molar-refractivity contribution in [2.24, 2.45) is 0 Å². The Morgan fingerprint density at radius 3 is 2.45 bits per heavy atom. The topological polar surface area (TPSA) is 119 Å². The van der Waals surface area contributed by atoms with E-state index in [1.807, 2.05) is 6.07 Å². The Balaban J connectivity index is 1.36. The molecule has 0 amide bonds. The molecule has 8 nitrogen and oxygen atoms in total. The molecule has 1 aliphatic rings. The molecule has 0 aliphatic carbocycles. The van der Waals surface area contributed by atoms with Gasteiger partial charge in [-0.25, -0.2) is 9.97 Å². The van der Waals surface area contributed by atoms with Crippen molar-refractivity contribution in [2.75, 3.05) is 12.3 Å². The van der Waals surface area contributed by atoms with E-state index in [-0.39, 0.29) is 12.6 Å². The minimum atomic E-state index is -0.749. The number of imidazole rings is 1. The fraction of sp³-hybridized carbons (Fsp3) is 0.227. The van der Waals surface area contributed by atoms with E-state index >= 15 is 0 Å².